The van der Waals surface area contributed by atoms with Crippen LogP contribution in [-0.2, 0) is 10.0 Å². The van der Waals surface area contributed by atoms with Crippen molar-refractivity contribution < 1.29 is 13.2 Å². The van der Waals surface area contributed by atoms with Crippen LogP contribution in [0.1, 0.15) is 10.4 Å². The van der Waals surface area contributed by atoms with Crippen molar-refractivity contribution in [3.63, 3.8) is 0 Å². The molecule has 0 saturated carbocycles. The number of hydrogen-bond donors (Lipinski definition) is 1. The molecule has 8 heteroatoms. The highest BCUT2D eigenvalue weighted by Crippen LogP contribution is 2.12. The number of nitrogens with zero attached hydrogens (tertiary/aromatic N) is 2. The van der Waals surface area contributed by atoms with Gasteiger partial charge in [-0.25, -0.2) is 12.7 Å². The fourth-order valence-corrected chi connectivity index (χ4v) is 2.03. The van der Waals surface area contributed by atoms with E-state index in [0.717, 1.165) is 4.31 Å². The minimum atomic E-state index is -3.32. The molecule has 100 valence electrons. The van der Waals surface area contributed by atoms with E-state index in [2.05, 4.69) is 10.3 Å². The molecular weight excluding hydrogens is 278 g/mol. The molecule has 1 aromatic rings. The Kier molecular flexibility index (Phi) is 5.06. The van der Waals surface area contributed by atoms with Crippen molar-refractivity contribution in [3.8, 4) is 0 Å². The molecule has 0 fully saturated rings. The van der Waals surface area contributed by atoms with Crippen LogP contribution in [0.25, 0.3) is 0 Å². The summed E-state index contributed by atoms with van der Waals surface area (Å²) in [5.41, 5.74) is 0.224. The number of aromatic nitrogens is 1. The Morgan fingerprint density at radius 1 is 1.50 bits per heavy atom. The minimum absolute atomic E-state index is 0.0184. The molecule has 0 spiro atoms. The van der Waals surface area contributed by atoms with Crippen LogP contribution in [0, 0.1) is 0 Å². The van der Waals surface area contributed by atoms with Crippen LogP contribution < -0.4 is 5.32 Å². The number of sulfonamides is 1. The van der Waals surface area contributed by atoms with E-state index < -0.39 is 15.9 Å². The summed E-state index contributed by atoms with van der Waals surface area (Å²) in [4.78, 5) is 15.5. The third-order valence-corrected chi connectivity index (χ3v) is 4.38. The van der Waals surface area contributed by atoms with E-state index in [0.29, 0.717) is 0 Å². The fourth-order valence-electron chi connectivity index (χ4n) is 1.12. The summed E-state index contributed by atoms with van der Waals surface area (Å²) in [5, 5.41) is 2.76. The van der Waals surface area contributed by atoms with E-state index in [1.165, 1.54) is 32.6 Å². The normalized spacial score (nSPS) is 11.6. The molecule has 0 aliphatic heterocycles. The standard InChI is InChI=1S/C10H14ClN3O3S/c1-14(2)18(16,17)6-5-13-10(15)8-7-12-4-3-9(8)11/h3-4,7H,5-6H2,1-2H3,(H,13,15). The number of hydrogen-bond acceptors (Lipinski definition) is 4. The second kappa shape index (κ2) is 6.12. The van der Waals surface area contributed by atoms with Crippen LogP contribution in [0.5, 0.6) is 0 Å². The van der Waals surface area contributed by atoms with E-state index in [1.54, 1.807) is 0 Å². The van der Waals surface area contributed by atoms with Gasteiger partial charge < -0.3 is 5.32 Å². The van der Waals surface area contributed by atoms with Crippen LogP contribution in [0.2, 0.25) is 5.02 Å². The molecule has 1 heterocycles. The average Bonchev–Trinajstić information content (AvgIpc) is 2.29. The van der Waals surface area contributed by atoms with Gasteiger partial charge in [0.1, 0.15) is 0 Å². The molecule has 6 nitrogen and oxygen atoms in total. The van der Waals surface area contributed by atoms with Crippen molar-refractivity contribution in [3.05, 3.63) is 29.0 Å². The largest absolute Gasteiger partial charge is 0.351 e. The van der Waals surface area contributed by atoms with Gasteiger partial charge in [-0.05, 0) is 6.07 Å². The van der Waals surface area contributed by atoms with Gasteiger partial charge >= 0.3 is 0 Å². The van der Waals surface area contributed by atoms with Gasteiger partial charge in [-0.15, -0.1) is 0 Å². The SMILES string of the molecule is CN(C)S(=O)(=O)CCNC(=O)c1cnccc1Cl. The lowest BCUT2D eigenvalue weighted by Gasteiger charge is -2.11. The third kappa shape index (κ3) is 3.94. The third-order valence-electron chi connectivity index (χ3n) is 2.21. The smallest absolute Gasteiger partial charge is 0.254 e. The highest BCUT2D eigenvalue weighted by Gasteiger charge is 2.15. The van der Waals surface area contributed by atoms with E-state index in [4.69, 9.17) is 11.6 Å². The van der Waals surface area contributed by atoms with Gasteiger partial charge in [0, 0.05) is 33.0 Å². The van der Waals surface area contributed by atoms with Crippen LogP contribution in [0.3, 0.4) is 0 Å². The summed E-state index contributed by atoms with van der Waals surface area (Å²) in [6.45, 7) is 0.0184. The van der Waals surface area contributed by atoms with Gasteiger partial charge in [-0.3, -0.25) is 9.78 Å². The van der Waals surface area contributed by atoms with Gasteiger partial charge in [0.2, 0.25) is 10.0 Å². The minimum Gasteiger partial charge on any atom is -0.351 e. The first kappa shape index (κ1) is 14.9. The lowest BCUT2D eigenvalue weighted by atomic mass is 10.2. The van der Waals surface area contributed by atoms with Crippen molar-refractivity contribution >= 4 is 27.5 Å². The highest BCUT2D eigenvalue weighted by molar-refractivity contribution is 7.89. The number of pyridine rings is 1. The molecular formula is C10H14ClN3O3S. The molecule has 0 aromatic carbocycles. The number of halogens is 1. The predicted molar refractivity (Wildman–Crippen MR) is 69.1 cm³/mol. The second-order valence-electron chi connectivity index (χ2n) is 3.71. The van der Waals surface area contributed by atoms with Crippen molar-refractivity contribution in [2.24, 2.45) is 0 Å². The number of carbonyl (C=O) groups excluding carboxylic acids is 1. The predicted octanol–water partition coefficient (Wildman–Crippen LogP) is 0.356. The Hall–Kier alpha value is -1.18. The van der Waals surface area contributed by atoms with E-state index in [1.807, 2.05) is 0 Å². The summed E-state index contributed by atoms with van der Waals surface area (Å²) >= 11 is 5.81. The molecule has 0 saturated heterocycles. The van der Waals surface area contributed by atoms with E-state index in [-0.39, 0.29) is 22.9 Å². The molecule has 0 unspecified atom stereocenters. The fraction of sp³-hybridized carbons (Fsp3) is 0.400. The van der Waals surface area contributed by atoms with Crippen molar-refractivity contribution in [2.45, 2.75) is 0 Å². The van der Waals surface area contributed by atoms with E-state index in [9.17, 15) is 13.2 Å². The first-order valence-electron chi connectivity index (χ1n) is 5.12. The zero-order valence-electron chi connectivity index (χ0n) is 10.1. The molecule has 1 aromatic heterocycles. The first-order chi connectivity index (χ1) is 8.34. The van der Waals surface area contributed by atoms with E-state index >= 15 is 0 Å². The quantitative estimate of drug-likeness (QED) is 0.849. The Morgan fingerprint density at radius 2 is 2.17 bits per heavy atom. The molecule has 0 radical (unpaired) electrons. The molecule has 1 rings (SSSR count). The monoisotopic (exact) mass is 291 g/mol. The summed E-state index contributed by atoms with van der Waals surface area (Å²) in [6.07, 6.45) is 2.80. The molecule has 0 bridgehead atoms. The summed E-state index contributed by atoms with van der Waals surface area (Å²) in [5.74, 6) is -0.606. The van der Waals surface area contributed by atoms with Gasteiger partial charge in [0.15, 0.2) is 0 Å². The van der Waals surface area contributed by atoms with Gasteiger partial charge in [0.05, 0.1) is 16.3 Å². The Bertz CT molecular complexity index is 531. The number of rotatable bonds is 5. The average molecular weight is 292 g/mol. The Labute approximate surface area is 111 Å². The molecule has 0 aliphatic rings. The van der Waals surface area contributed by atoms with Crippen LogP contribution in [0.4, 0.5) is 0 Å². The van der Waals surface area contributed by atoms with Gasteiger partial charge in [0.25, 0.3) is 5.91 Å². The summed E-state index contributed by atoms with van der Waals surface area (Å²) < 4.78 is 24.0. The Balaban J connectivity index is 2.56. The summed E-state index contributed by atoms with van der Waals surface area (Å²) in [6, 6.07) is 1.49. The lowest BCUT2D eigenvalue weighted by molar-refractivity contribution is 0.0956. The zero-order valence-corrected chi connectivity index (χ0v) is 11.6. The molecule has 0 atom stereocenters. The molecule has 0 aliphatic carbocycles. The number of amides is 1. The maximum Gasteiger partial charge on any atom is 0.254 e. The first-order valence-corrected chi connectivity index (χ1v) is 7.11. The highest BCUT2D eigenvalue weighted by atomic mass is 35.5. The topological polar surface area (TPSA) is 79.4 Å². The maximum atomic E-state index is 11.7. The van der Waals surface area contributed by atoms with Crippen molar-refractivity contribution in [2.75, 3.05) is 26.4 Å². The van der Waals surface area contributed by atoms with Gasteiger partial charge in [-0.2, -0.15) is 0 Å². The zero-order chi connectivity index (χ0) is 13.8. The Morgan fingerprint density at radius 3 is 2.72 bits per heavy atom. The van der Waals surface area contributed by atoms with Gasteiger partial charge in [-0.1, -0.05) is 11.6 Å². The number of carbonyl (C=O) groups is 1. The maximum absolute atomic E-state index is 11.7. The second-order valence-corrected chi connectivity index (χ2v) is 6.42. The van der Waals surface area contributed by atoms with Crippen LogP contribution in [0.15, 0.2) is 18.5 Å². The lowest BCUT2D eigenvalue weighted by Crippen LogP contribution is -2.34. The van der Waals surface area contributed by atoms with Crippen LogP contribution >= 0.6 is 11.6 Å². The van der Waals surface area contributed by atoms with Crippen molar-refractivity contribution in [1.82, 2.24) is 14.6 Å². The number of nitrogens with one attached hydrogen (secondary N) is 1. The van der Waals surface area contributed by atoms with Crippen LogP contribution in [-0.4, -0.2) is 50.0 Å². The molecule has 1 amide bonds. The molecule has 1 N–H and O–H groups in total. The van der Waals surface area contributed by atoms with Crippen molar-refractivity contribution in [1.29, 1.82) is 0 Å². The molecule has 18 heavy (non-hydrogen) atoms. The summed E-state index contributed by atoms with van der Waals surface area (Å²) in [7, 11) is -0.437.